The highest BCUT2D eigenvalue weighted by Crippen LogP contribution is 2.43. The van der Waals surface area contributed by atoms with Gasteiger partial charge < -0.3 is 25.2 Å². The molecular formula is C34H62NO10P. The molecular weight excluding hydrogens is 613 g/mol. The number of allylic oxidation sites excluding steroid dienone is 4. The van der Waals surface area contributed by atoms with Gasteiger partial charge in [0.25, 0.3) is 0 Å². The second-order valence-electron chi connectivity index (χ2n) is 11.7. The number of unbranched alkanes of at least 4 members (excludes halogenated alkanes) is 14. The molecule has 0 aliphatic carbocycles. The summed E-state index contributed by atoms with van der Waals surface area (Å²) >= 11 is 0. The maximum atomic E-state index is 12.2. The summed E-state index contributed by atoms with van der Waals surface area (Å²) in [6.07, 6.45) is 27.4. The summed E-state index contributed by atoms with van der Waals surface area (Å²) in [7, 11) is -4.73. The number of nitrogens with one attached hydrogen (secondary N) is 1. The summed E-state index contributed by atoms with van der Waals surface area (Å²) in [4.78, 5) is 45.1. The number of rotatable bonds is 32. The van der Waals surface area contributed by atoms with Crippen molar-refractivity contribution < 1.29 is 47.8 Å². The van der Waals surface area contributed by atoms with Crippen molar-refractivity contribution in [3.05, 3.63) is 24.3 Å². The Morgan fingerprint density at radius 3 is 1.78 bits per heavy atom. The van der Waals surface area contributed by atoms with Crippen molar-refractivity contribution in [3.63, 3.8) is 0 Å². The number of aliphatic carboxylic acids is 1. The largest absolute Gasteiger partial charge is 0.480 e. The third kappa shape index (κ3) is 29.4. The van der Waals surface area contributed by atoms with E-state index >= 15 is 0 Å². The van der Waals surface area contributed by atoms with Crippen LogP contribution < -0.4 is 5.32 Å². The van der Waals surface area contributed by atoms with E-state index in [0.717, 1.165) is 51.4 Å². The van der Waals surface area contributed by atoms with Crippen molar-refractivity contribution >= 4 is 25.7 Å². The predicted octanol–water partition coefficient (Wildman–Crippen LogP) is 7.55. The molecule has 0 aliphatic rings. The molecule has 0 rings (SSSR count). The third-order valence-electron chi connectivity index (χ3n) is 7.24. The molecule has 268 valence electrons. The molecule has 11 nitrogen and oxygen atoms in total. The number of phosphoric acid groups is 1. The Hall–Kier alpha value is -2.04. The van der Waals surface area contributed by atoms with Gasteiger partial charge in [0.15, 0.2) is 6.04 Å². The molecule has 12 heteroatoms. The zero-order valence-electron chi connectivity index (χ0n) is 28.4. The van der Waals surface area contributed by atoms with Crippen molar-refractivity contribution in [3.8, 4) is 0 Å². The van der Waals surface area contributed by atoms with Crippen LogP contribution in [0.1, 0.15) is 142 Å². The Bertz CT molecular complexity index is 895. The zero-order valence-corrected chi connectivity index (χ0v) is 29.3. The molecule has 0 aromatic carbocycles. The number of carbonyl (C=O) groups is 3. The molecule has 3 atom stereocenters. The molecule has 0 spiro atoms. The first kappa shape index (κ1) is 44.0. The van der Waals surface area contributed by atoms with Crippen molar-refractivity contribution in [2.24, 2.45) is 0 Å². The van der Waals surface area contributed by atoms with E-state index in [1.807, 2.05) is 6.92 Å². The van der Waals surface area contributed by atoms with Gasteiger partial charge in [0.05, 0.1) is 13.2 Å². The first-order valence-corrected chi connectivity index (χ1v) is 18.9. The van der Waals surface area contributed by atoms with Crippen molar-refractivity contribution in [1.29, 1.82) is 0 Å². The fraction of sp³-hybridized carbons (Fsp3) is 0.794. The summed E-state index contributed by atoms with van der Waals surface area (Å²) < 4.78 is 26.3. The minimum Gasteiger partial charge on any atom is -0.480 e. The second kappa shape index (κ2) is 30.3. The van der Waals surface area contributed by atoms with E-state index in [1.165, 1.54) is 51.4 Å². The van der Waals surface area contributed by atoms with Crippen LogP contribution >= 0.6 is 7.82 Å². The molecule has 0 radical (unpaired) electrons. The summed E-state index contributed by atoms with van der Waals surface area (Å²) in [6, 6.07) is -1.54. The minimum absolute atomic E-state index is 0.141. The maximum absolute atomic E-state index is 12.2. The Kier molecular flexibility index (Phi) is 29.0. The number of aliphatic hydroxyl groups excluding tert-OH is 1. The van der Waals surface area contributed by atoms with E-state index in [-0.39, 0.29) is 12.8 Å². The summed E-state index contributed by atoms with van der Waals surface area (Å²) in [6.45, 7) is 2.32. The quantitative estimate of drug-likeness (QED) is 0.0242. The molecule has 1 amide bonds. The number of phosphoric ester groups is 1. The van der Waals surface area contributed by atoms with Gasteiger partial charge in [0.1, 0.15) is 12.7 Å². The number of ether oxygens (including phenoxy) is 1. The van der Waals surface area contributed by atoms with E-state index in [0.29, 0.717) is 12.8 Å². The van der Waals surface area contributed by atoms with E-state index in [9.17, 15) is 34.1 Å². The molecule has 0 saturated heterocycles. The first-order valence-electron chi connectivity index (χ1n) is 17.4. The lowest BCUT2D eigenvalue weighted by molar-refractivity contribution is -0.147. The fourth-order valence-electron chi connectivity index (χ4n) is 4.46. The van der Waals surface area contributed by atoms with Crippen molar-refractivity contribution in [2.45, 2.75) is 154 Å². The lowest BCUT2D eigenvalue weighted by atomic mass is 10.1. The van der Waals surface area contributed by atoms with Crippen LogP contribution in [0, 0.1) is 0 Å². The molecule has 4 N–H and O–H groups in total. The smallest absolute Gasteiger partial charge is 0.472 e. The highest BCUT2D eigenvalue weighted by Gasteiger charge is 2.28. The maximum Gasteiger partial charge on any atom is 0.472 e. The van der Waals surface area contributed by atoms with Gasteiger partial charge in [-0.3, -0.25) is 18.6 Å². The third-order valence-corrected chi connectivity index (χ3v) is 8.19. The zero-order chi connectivity index (χ0) is 34.3. The van der Waals surface area contributed by atoms with E-state index < -0.39 is 57.6 Å². The average Bonchev–Trinajstić information content (AvgIpc) is 3.02. The minimum atomic E-state index is -4.73. The van der Waals surface area contributed by atoms with Crippen molar-refractivity contribution in [1.82, 2.24) is 5.32 Å². The molecule has 0 aromatic heterocycles. The predicted molar refractivity (Wildman–Crippen MR) is 180 cm³/mol. The van der Waals surface area contributed by atoms with Gasteiger partial charge in [-0.05, 0) is 44.9 Å². The van der Waals surface area contributed by atoms with Gasteiger partial charge in [0.2, 0.25) is 5.91 Å². The number of hydrogen-bond acceptors (Lipinski definition) is 8. The van der Waals surface area contributed by atoms with Crippen LogP contribution in [-0.4, -0.2) is 64.9 Å². The number of carboxylic acids is 1. The number of hydrogen-bond donors (Lipinski definition) is 4. The number of carbonyl (C=O) groups excluding carboxylic acids is 2. The van der Waals surface area contributed by atoms with E-state index in [2.05, 4.69) is 41.1 Å². The normalized spacial score (nSPS) is 14.3. The Labute approximate surface area is 277 Å². The fourth-order valence-corrected chi connectivity index (χ4v) is 5.23. The lowest BCUT2D eigenvalue weighted by Gasteiger charge is -2.18. The van der Waals surface area contributed by atoms with Gasteiger partial charge in [0, 0.05) is 12.8 Å². The van der Waals surface area contributed by atoms with Crippen molar-refractivity contribution in [2.75, 3.05) is 19.8 Å². The van der Waals surface area contributed by atoms with Crippen LogP contribution in [0.25, 0.3) is 0 Å². The van der Waals surface area contributed by atoms with Gasteiger partial charge >= 0.3 is 19.8 Å². The van der Waals surface area contributed by atoms with Crippen LogP contribution in [0.2, 0.25) is 0 Å². The number of aliphatic hydroxyl groups is 1. The number of esters is 1. The SMILES string of the molecule is CCCCC/C=C\C/C=C\CCCCCCCCCCCC(=O)NC(COP(=O)(O)OCC(O)COC(=O)CCCCC)C(=O)O. The highest BCUT2D eigenvalue weighted by atomic mass is 31.2. The van der Waals surface area contributed by atoms with E-state index in [4.69, 9.17) is 9.26 Å². The standard InChI is InChI=1S/C34H62NO10P/c1-3-5-7-8-9-10-11-12-13-14-15-16-17-18-19-20-21-22-24-25-32(37)35-31(34(39)40)29-45-46(41,42)44-28-30(36)27-43-33(38)26-23-6-4-2/h9-10,12-13,30-31,36H,3-8,11,14-29H2,1-2H3,(H,35,37)(H,39,40)(H,41,42)/b10-9-,13-12-. The van der Waals surface area contributed by atoms with Crippen LogP contribution in [0.5, 0.6) is 0 Å². The average molecular weight is 676 g/mol. The van der Waals surface area contributed by atoms with Crippen LogP contribution in [0.4, 0.5) is 0 Å². The molecule has 0 saturated carbocycles. The Morgan fingerprint density at radius 1 is 0.696 bits per heavy atom. The monoisotopic (exact) mass is 675 g/mol. The van der Waals surface area contributed by atoms with Gasteiger partial charge in [-0.15, -0.1) is 0 Å². The molecule has 0 heterocycles. The molecule has 46 heavy (non-hydrogen) atoms. The molecule has 0 fully saturated rings. The number of carboxylic acid groups (broad SMARTS) is 1. The van der Waals surface area contributed by atoms with Gasteiger partial charge in [-0.25, -0.2) is 9.36 Å². The molecule has 3 unspecified atom stereocenters. The highest BCUT2D eigenvalue weighted by molar-refractivity contribution is 7.47. The van der Waals surface area contributed by atoms with Crippen LogP contribution in [0.3, 0.4) is 0 Å². The summed E-state index contributed by atoms with van der Waals surface area (Å²) in [5.41, 5.74) is 0. The Balaban J connectivity index is 3.92. The lowest BCUT2D eigenvalue weighted by Crippen LogP contribution is -2.43. The van der Waals surface area contributed by atoms with Crippen LogP contribution in [0.15, 0.2) is 24.3 Å². The first-order chi connectivity index (χ1) is 22.1. The molecule has 0 bridgehead atoms. The second-order valence-corrected chi connectivity index (χ2v) is 13.2. The van der Waals surface area contributed by atoms with Gasteiger partial charge in [-0.1, -0.05) is 109 Å². The summed E-state index contributed by atoms with van der Waals surface area (Å²) in [5, 5.41) is 21.5. The molecule has 0 aromatic rings. The summed E-state index contributed by atoms with van der Waals surface area (Å²) in [5.74, 6) is -2.41. The molecule has 0 aliphatic heterocycles. The Morgan fingerprint density at radius 2 is 1.20 bits per heavy atom. The van der Waals surface area contributed by atoms with Crippen LogP contribution in [-0.2, 0) is 32.7 Å². The topological polar surface area (TPSA) is 169 Å². The van der Waals surface area contributed by atoms with E-state index in [1.54, 1.807) is 0 Å². The number of amides is 1. The van der Waals surface area contributed by atoms with Gasteiger partial charge in [-0.2, -0.15) is 0 Å².